The maximum absolute atomic E-state index is 12.2. The number of aryl methyl sites for hydroxylation is 1. The Kier molecular flexibility index (Phi) is 3.53. The van der Waals surface area contributed by atoms with Gasteiger partial charge < -0.3 is 10.6 Å². The molecule has 0 aliphatic carbocycles. The van der Waals surface area contributed by atoms with Crippen molar-refractivity contribution < 1.29 is 4.79 Å². The number of hydrogen-bond donors (Lipinski definition) is 2. The molecule has 1 aliphatic heterocycles. The van der Waals surface area contributed by atoms with Crippen molar-refractivity contribution in [2.24, 2.45) is 14.1 Å². The number of carbonyl (C=O) groups excluding carboxylic acids is 1. The maximum Gasteiger partial charge on any atom is 0.332 e. The van der Waals surface area contributed by atoms with E-state index in [4.69, 9.17) is 0 Å². The minimum atomic E-state index is -0.456. The van der Waals surface area contributed by atoms with Crippen molar-refractivity contribution in [1.29, 1.82) is 0 Å². The molecule has 1 aliphatic rings. The van der Waals surface area contributed by atoms with Crippen LogP contribution in [0.4, 0.5) is 0 Å². The molecule has 2 aromatic rings. The summed E-state index contributed by atoms with van der Waals surface area (Å²) < 4.78 is 2.30. The lowest BCUT2D eigenvalue weighted by atomic mass is 10.2. The number of pyridine rings is 1. The van der Waals surface area contributed by atoms with Crippen LogP contribution in [-0.4, -0.2) is 39.2 Å². The average molecular weight is 303 g/mol. The smallest absolute Gasteiger partial charge is 0.332 e. The number of rotatable bonds is 2. The lowest BCUT2D eigenvalue weighted by molar-refractivity contribution is 0.0940. The van der Waals surface area contributed by atoms with Gasteiger partial charge in [0.1, 0.15) is 5.65 Å². The van der Waals surface area contributed by atoms with Crippen LogP contribution in [0.3, 0.4) is 0 Å². The fourth-order valence-corrected chi connectivity index (χ4v) is 2.64. The van der Waals surface area contributed by atoms with Gasteiger partial charge in [0.25, 0.3) is 11.5 Å². The molecule has 2 aromatic heterocycles. The molecule has 1 saturated heterocycles. The Hall–Kier alpha value is -2.48. The summed E-state index contributed by atoms with van der Waals surface area (Å²) in [5, 5.41) is 6.32. The molecule has 2 N–H and O–H groups in total. The van der Waals surface area contributed by atoms with Crippen LogP contribution in [0.15, 0.2) is 21.9 Å². The Morgan fingerprint density at radius 2 is 2.14 bits per heavy atom. The minimum Gasteiger partial charge on any atom is -0.348 e. The van der Waals surface area contributed by atoms with Crippen molar-refractivity contribution in [3.05, 3.63) is 38.7 Å². The van der Waals surface area contributed by atoms with Crippen LogP contribution in [0.25, 0.3) is 11.0 Å². The van der Waals surface area contributed by atoms with E-state index in [0.717, 1.165) is 24.1 Å². The van der Waals surface area contributed by atoms with Crippen molar-refractivity contribution in [2.75, 3.05) is 13.1 Å². The normalized spacial score (nSPS) is 17.8. The van der Waals surface area contributed by atoms with E-state index in [9.17, 15) is 14.4 Å². The average Bonchev–Trinajstić information content (AvgIpc) is 3.03. The molecule has 1 unspecified atom stereocenters. The third-order valence-electron chi connectivity index (χ3n) is 3.95. The standard InChI is InChI=1S/C14H17N5O3/c1-18-11-10(13(21)19(2)14(18)22)5-8(6-16-11)12(20)17-9-3-4-15-7-9/h5-6,9,15H,3-4,7H2,1-2H3,(H,17,20). The van der Waals surface area contributed by atoms with Crippen LogP contribution in [0.1, 0.15) is 16.8 Å². The first-order valence-electron chi connectivity index (χ1n) is 7.06. The first kappa shape index (κ1) is 14.5. The second kappa shape index (κ2) is 5.38. The molecule has 0 radical (unpaired) electrons. The zero-order chi connectivity index (χ0) is 15.9. The number of amides is 1. The number of nitrogens with zero attached hydrogens (tertiary/aromatic N) is 3. The predicted octanol–water partition coefficient (Wildman–Crippen LogP) is -1.28. The topological polar surface area (TPSA) is 98.0 Å². The molecule has 1 amide bonds. The third kappa shape index (κ3) is 2.31. The molecule has 8 heteroatoms. The highest BCUT2D eigenvalue weighted by Gasteiger charge is 2.19. The molecule has 3 heterocycles. The molecule has 1 fully saturated rings. The first-order valence-corrected chi connectivity index (χ1v) is 7.06. The lowest BCUT2D eigenvalue weighted by Gasteiger charge is -2.12. The maximum atomic E-state index is 12.2. The second-order valence-corrected chi connectivity index (χ2v) is 5.46. The zero-order valence-corrected chi connectivity index (χ0v) is 12.4. The Morgan fingerprint density at radius 1 is 1.36 bits per heavy atom. The van der Waals surface area contributed by atoms with Gasteiger partial charge in [-0.3, -0.25) is 18.7 Å². The number of hydrogen-bond acceptors (Lipinski definition) is 5. The van der Waals surface area contributed by atoms with Gasteiger partial charge in [0, 0.05) is 32.9 Å². The highest BCUT2D eigenvalue weighted by atomic mass is 16.2. The summed E-state index contributed by atoms with van der Waals surface area (Å²) in [5.74, 6) is -0.265. The molecule has 0 saturated carbocycles. The Bertz CT molecular complexity index is 861. The molecule has 1 atom stereocenters. The first-order chi connectivity index (χ1) is 10.5. The van der Waals surface area contributed by atoms with Crippen LogP contribution < -0.4 is 21.9 Å². The Labute approximate surface area is 125 Å². The van der Waals surface area contributed by atoms with E-state index in [0.29, 0.717) is 5.56 Å². The van der Waals surface area contributed by atoms with Gasteiger partial charge >= 0.3 is 5.69 Å². The van der Waals surface area contributed by atoms with E-state index < -0.39 is 11.2 Å². The molecule has 0 aromatic carbocycles. The highest BCUT2D eigenvalue weighted by molar-refractivity contribution is 5.96. The molecule has 3 rings (SSSR count). The summed E-state index contributed by atoms with van der Waals surface area (Å²) in [6.45, 7) is 1.62. The zero-order valence-electron chi connectivity index (χ0n) is 12.4. The summed E-state index contributed by atoms with van der Waals surface area (Å²) in [4.78, 5) is 40.4. The van der Waals surface area contributed by atoms with Crippen molar-refractivity contribution in [3.63, 3.8) is 0 Å². The van der Waals surface area contributed by atoms with Gasteiger partial charge in [-0.05, 0) is 19.0 Å². The summed E-state index contributed by atoms with van der Waals surface area (Å²) in [5.41, 5.74) is -0.315. The largest absolute Gasteiger partial charge is 0.348 e. The molecule has 0 bridgehead atoms. The predicted molar refractivity (Wildman–Crippen MR) is 81.0 cm³/mol. The summed E-state index contributed by atoms with van der Waals surface area (Å²) >= 11 is 0. The fraction of sp³-hybridized carbons (Fsp3) is 0.429. The van der Waals surface area contributed by atoms with E-state index in [1.54, 1.807) is 7.05 Å². The Morgan fingerprint density at radius 3 is 2.82 bits per heavy atom. The van der Waals surface area contributed by atoms with Gasteiger partial charge in [-0.2, -0.15) is 0 Å². The van der Waals surface area contributed by atoms with Crippen molar-refractivity contribution in [3.8, 4) is 0 Å². The van der Waals surface area contributed by atoms with E-state index in [1.165, 1.54) is 23.9 Å². The van der Waals surface area contributed by atoms with E-state index in [1.807, 2.05) is 0 Å². The number of carbonyl (C=O) groups is 1. The second-order valence-electron chi connectivity index (χ2n) is 5.46. The van der Waals surface area contributed by atoms with Crippen LogP contribution in [0.5, 0.6) is 0 Å². The Balaban J connectivity index is 2.04. The molecule has 8 nitrogen and oxygen atoms in total. The van der Waals surface area contributed by atoms with Crippen LogP contribution in [0, 0.1) is 0 Å². The van der Waals surface area contributed by atoms with E-state index >= 15 is 0 Å². The van der Waals surface area contributed by atoms with Crippen molar-refractivity contribution >= 4 is 16.9 Å². The number of nitrogens with one attached hydrogen (secondary N) is 2. The number of aromatic nitrogens is 3. The lowest BCUT2D eigenvalue weighted by Crippen LogP contribution is -2.38. The summed E-state index contributed by atoms with van der Waals surface area (Å²) in [6.07, 6.45) is 2.27. The number of fused-ring (bicyclic) bond motifs is 1. The van der Waals surface area contributed by atoms with Gasteiger partial charge in [-0.1, -0.05) is 0 Å². The molecule has 116 valence electrons. The van der Waals surface area contributed by atoms with Gasteiger partial charge in [0.05, 0.1) is 10.9 Å². The summed E-state index contributed by atoms with van der Waals surface area (Å²) in [7, 11) is 2.95. The quantitative estimate of drug-likeness (QED) is 0.720. The molecular weight excluding hydrogens is 286 g/mol. The highest BCUT2D eigenvalue weighted by Crippen LogP contribution is 2.08. The van der Waals surface area contributed by atoms with E-state index in [-0.39, 0.29) is 23.0 Å². The van der Waals surface area contributed by atoms with Crippen molar-refractivity contribution in [1.82, 2.24) is 24.8 Å². The molecular formula is C14H17N5O3. The monoisotopic (exact) mass is 303 g/mol. The SMILES string of the molecule is Cn1c(=O)c2cc(C(=O)NC3CCNC3)cnc2n(C)c1=O. The van der Waals surface area contributed by atoms with Crippen LogP contribution in [-0.2, 0) is 14.1 Å². The van der Waals surface area contributed by atoms with Crippen LogP contribution >= 0.6 is 0 Å². The summed E-state index contributed by atoms with van der Waals surface area (Å²) in [6, 6.07) is 1.58. The van der Waals surface area contributed by atoms with Gasteiger partial charge in [-0.25, -0.2) is 9.78 Å². The van der Waals surface area contributed by atoms with Gasteiger partial charge in [0.2, 0.25) is 0 Å². The minimum absolute atomic E-state index is 0.0890. The van der Waals surface area contributed by atoms with Crippen LogP contribution in [0.2, 0.25) is 0 Å². The molecule has 22 heavy (non-hydrogen) atoms. The van der Waals surface area contributed by atoms with Gasteiger partial charge in [0.15, 0.2) is 0 Å². The molecule has 0 spiro atoms. The van der Waals surface area contributed by atoms with Crippen molar-refractivity contribution in [2.45, 2.75) is 12.5 Å². The third-order valence-corrected chi connectivity index (χ3v) is 3.95. The van der Waals surface area contributed by atoms with Gasteiger partial charge in [-0.15, -0.1) is 0 Å². The fourth-order valence-electron chi connectivity index (χ4n) is 2.64. The van der Waals surface area contributed by atoms with E-state index in [2.05, 4.69) is 15.6 Å².